The van der Waals surface area contributed by atoms with Gasteiger partial charge in [-0.15, -0.1) is 0 Å². The summed E-state index contributed by atoms with van der Waals surface area (Å²) in [5.74, 6) is 0.872. The van der Waals surface area contributed by atoms with Crippen molar-refractivity contribution in [1.29, 1.82) is 0 Å². The minimum atomic E-state index is 0.000712. The molecule has 25 heavy (non-hydrogen) atoms. The van der Waals surface area contributed by atoms with Gasteiger partial charge in [0.05, 0.1) is 12.6 Å². The molecule has 0 heterocycles. The predicted molar refractivity (Wildman–Crippen MR) is 102 cm³/mol. The van der Waals surface area contributed by atoms with E-state index in [1.807, 2.05) is 49.2 Å². The molecule has 0 aromatic heterocycles. The van der Waals surface area contributed by atoms with Crippen LogP contribution in [0, 0.1) is 13.8 Å². The molecule has 2 rings (SSSR count). The van der Waals surface area contributed by atoms with Crippen LogP contribution in [0.3, 0.4) is 0 Å². The zero-order valence-corrected chi connectivity index (χ0v) is 15.6. The van der Waals surface area contributed by atoms with Crippen molar-refractivity contribution in [2.45, 2.75) is 26.8 Å². The topological polar surface area (TPSA) is 41.6 Å². The fourth-order valence-electron chi connectivity index (χ4n) is 2.56. The third-order valence-corrected chi connectivity index (χ3v) is 4.31. The summed E-state index contributed by atoms with van der Waals surface area (Å²) in [6.07, 6.45) is 0. The molecule has 134 valence electrons. The van der Waals surface area contributed by atoms with Gasteiger partial charge in [0.2, 0.25) is 5.91 Å². The van der Waals surface area contributed by atoms with Crippen molar-refractivity contribution in [3.05, 3.63) is 65.2 Å². The van der Waals surface area contributed by atoms with E-state index >= 15 is 0 Å². The van der Waals surface area contributed by atoms with Crippen LogP contribution in [0.25, 0.3) is 0 Å². The molecule has 0 saturated heterocycles. The number of carbonyl (C=O) groups excluding carboxylic acids is 1. The third-order valence-electron chi connectivity index (χ3n) is 4.31. The highest BCUT2D eigenvalue weighted by Gasteiger charge is 2.12. The number of rotatable bonds is 8. The van der Waals surface area contributed by atoms with Gasteiger partial charge in [0.25, 0.3) is 0 Å². The van der Waals surface area contributed by atoms with E-state index in [0.717, 1.165) is 11.3 Å². The van der Waals surface area contributed by atoms with Gasteiger partial charge in [0, 0.05) is 6.54 Å². The molecule has 1 N–H and O–H groups in total. The fourth-order valence-corrected chi connectivity index (χ4v) is 2.56. The normalized spacial score (nSPS) is 12.0. The molecule has 0 aliphatic rings. The molecule has 0 spiro atoms. The molecule has 1 atom stereocenters. The van der Waals surface area contributed by atoms with Crippen LogP contribution in [0.2, 0.25) is 0 Å². The number of likely N-dealkylation sites (N-methyl/N-ethyl adjacent to an activating group) is 1. The average molecular weight is 340 g/mol. The average Bonchev–Trinajstić information content (AvgIpc) is 2.58. The molecule has 0 saturated carbocycles. The lowest BCUT2D eigenvalue weighted by molar-refractivity contribution is -0.122. The second-order valence-corrected chi connectivity index (χ2v) is 6.53. The summed E-state index contributed by atoms with van der Waals surface area (Å²) in [5.41, 5.74) is 3.64. The molecule has 0 aliphatic heterocycles. The first-order valence-corrected chi connectivity index (χ1v) is 8.68. The van der Waals surface area contributed by atoms with Crippen molar-refractivity contribution in [3.8, 4) is 5.75 Å². The quantitative estimate of drug-likeness (QED) is 0.800. The van der Waals surface area contributed by atoms with E-state index in [2.05, 4.69) is 37.4 Å². The summed E-state index contributed by atoms with van der Waals surface area (Å²) >= 11 is 0. The highest BCUT2D eigenvalue weighted by Crippen LogP contribution is 2.16. The van der Waals surface area contributed by atoms with E-state index in [1.165, 1.54) is 11.1 Å². The van der Waals surface area contributed by atoms with E-state index in [9.17, 15) is 4.79 Å². The first-order valence-electron chi connectivity index (χ1n) is 8.68. The molecule has 1 amide bonds. The first-order chi connectivity index (χ1) is 12.0. The van der Waals surface area contributed by atoms with Crippen molar-refractivity contribution in [2.75, 3.05) is 26.7 Å². The van der Waals surface area contributed by atoms with Crippen molar-refractivity contribution < 1.29 is 9.53 Å². The molecule has 0 bridgehead atoms. The Morgan fingerprint density at radius 3 is 2.52 bits per heavy atom. The first kappa shape index (κ1) is 19.0. The van der Waals surface area contributed by atoms with Crippen LogP contribution in [0.4, 0.5) is 0 Å². The Morgan fingerprint density at radius 2 is 1.84 bits per heavy atom. The summed E-state index contributed by atoms with van der Waals surface area (Å²) in [4.78, 5) is 14.2. The zero-order chi connectivity index (χ0) is 18.2. The maximum atomic E-state index is 12.2. The fraction of sp³-hybridized carbons (Fsp3) is 0.381. The highest BCUT2D eigenvalue weighted by molar-refractivity contribution is 5.78. The van der Waals surface area contributed by atoms with Gasteiger partial charge in [-0.1, -0.05) is 36.4 Å². The Morgan fingerprint density at radius 1 is 1.12 bits per heavy atom. The SMILES string of the molecule is Cc1ccc([C@@H](C)NC(=O)CN(C)CCOc2ccccc2)cc1C. The van der Waals surface area contributed by atoms with Crippen LogP contribution in [0.5, 0.6) is 5.75 Å². The Labute approximate surface area is 150 Å². The van der Waals surface area contributed by atoms with E-state index in [1.54, 1.807) is 0 Å². The van der Waals surface area contributed by atoms with Gasteiger partial charge >= 0.3 is 0 Å². The molecule has 0 aliphatic carbocycles. The minimum Gasteiger partial charge on any atom is -0.492 e. The van der Waals surface area contributed by atoms with Gasteiger partial charge in [-0.25, -0.2) is 0 Å². The number of aryl methyl sites for hydroxylation is 2. The molecular formula is C21H28N2O2. The number of para-hydroxylation sites is 1. The minimum absolute atomic E-state index is 0.000712. The van der Waals surface area contributed by atoms with Gasteiger partial charge in [-0.3, -0.25) is 9.69 Å². The Kier molecular flexibility index (Phi) is 7.02. The third kappa shape index (κ3) is 6.24. The largest absolute Gasteiger partial charge is 0.492 e. The lowest BCUT2D eigenvalue weighted by atomic mass is 10.0. The van der Waals surface area contributed by atoms with E-state index in [-0.39, 0.29) is 11.9 Å². The number of carbonyl (C=O) groups is 1. The smallest absolute Gasteiger partial charge is 0.234 e. The van der Waals surface area contributed by atoms with Crippen LogP contribution in [-0.4, -0.2) is 37.6 Å². The van der Waals surface area contributed by atoms with E-state index in [4.69, 9.17) is 4.74 Å². The maximum Gasteiger partial charge on any atom is 0.234 e. The number of hydrogen-bond donors (Lipinski definition) is 1. The van der Waals surface area contributed by atoms with Crippen LogP contribution in [0.15, 0.2) is 48.5 Å². The number of hydrogen-bond acceptors (Lipinski definition) is 3. The molecular weight excluding hydrogens is 312 g/mol. The number of amides is 1. The van der Waals surface area contributed by atoms with Gasteiger partial charge in [0.1, 0.15) is 12.4 Å². The van der Waals surface area contributed by atoms with Crippen molar-refractivity contribution in [1.82, 2.24) is 10.2 Å². The summed E-state index contributed by atoms with van der Waals surface area (Å²) in [6.45, 7) is 7.80. The lowest BCUT2D eigenvalue weighted by Gasteiger charge is -2.20. The Bertz CT molecular complexity index is 686. The number of nitrogens with zero attached hydrogens (tertiary/aromatic N) is 1. The standard InChI is InChI=1S/C21H28N2O2/c1-16-10-11-19(14-17(16)2)18(3)22-21(24)15-23(4)12-13-25-20-8-6-5-7-9-20/h5-11,14,18H,12-13,15H2,1-4H3,(H,22,24)/t18-/m1/s1. The molecule has 2 aromatic rings. The highest BCUT2D eigenvalue weighted by atomic mass is 16.5. The van der Waals surface area contributed by atoms with Crippen LogP contribution >= 0.6 is 0 Å². The predicted octanol–water partition coefficient (Wildman–Crippen LogP) is 3.49. The van der Waals surface area contributed by atoms with Gasteiger partial charge in [-0.05, 0) is 56.6 Å². The number of benzene rings is 2. The summed E-state index contributed by atoms with van der Waals surface area (Å²) < 4.78 is 5.66. The second-order valence-electron chi connectivity index (χ2n) is 6.53. The molecule has 4 nitrogen and oxygen atoms in total. The van der Waals surface area contributed by atoms with Crippen molar-refractivity contribution in [3.63, 3.8) is 0 Å². The van der Waals surface area contributed by atoms with Crippen LogP contribution < -0.4 is 10.1 Å². The molecule has 0 unspecified atom stereocenters. The molecule has 0 radical (unpaired) electrons. The maximum absolute atomic E-state index is 12.2. The lowest BCUT2D eigenvalue weighted by Crippen LogP contribution is -2.38. The van der Waals surface area contributed by atoms with Crippen molar-refractivity contribution in [2.24, 2.45) is 0 Å². The summed E-state index contributed by atoms with van der Waals surface area (Å²) in [5, 5.41) is 3.06. The molecule has 2 aromatic carbocycles. The molecule has 4 heteroatoms. The van der Waals surface area contributed by atoms with Crippen LogP contribution in [-0.2, 0) is 4.79 Å². The van der Waals surface area contributed by atoms with Gasteiger partial charge in [-0.2, -0.15) is 0 Å². The monoisotopic (exact) mass is 340 g/mol. The van der Waals surface area contributed by atoms with Gasteiger partial charge in [0.15, 0.2) is 0 Å². The number of nitrogens with one attached hydrogen (secondary N) is 1. The zero-order valence-electron chi connectivity index (χ0n) is 15.6. The summed E-state index contributed by atoms with van der Waals surface area (Å²) in [6, 6.07) is 16.0. The number of ether oxygens (including phenoxy) is 1. The van der Waals surface area contributed by atoms with E-state index in [0.29, 0.717) is 19.7 Å². The Hall–Kier alpha value is -2.33. The second kappa shape index (κ2) is 9.23. The van der Waals surface area contributed by atoms with Crippen LogP contribution in [0.1, 0.15) is 29.7 Å². The van der Waals surface area contributed by atoms with Crippen molar-refractivity contribution >= 4 is 5.91 Å². The van der Waals surface area contributed by atoms with E-state index < -0.39 is 0 Å². The summed E-state index contributed by atoms with van der Waals surface area (Å²) in [7, 11) is 1.93. The molecule has 0 fully saturated rings. The van der Waals surface area contributed by atoms with Gasteiger partial charge < -0.3 is 10.1 Å². The Balaban J connectivity index is 1.74.